The van der Waals surface area contributed by atoms with Gasteiger partial charge in [0.1, 0.15) is 0 Å². The summed E-state index contributed by atoms with van der Waals surface area (Å²) >= 11 is 0. The number of nitrogens with one attached hydrogen (secondary N) is 2. The van der Waals surface area contributed by atoms with Gasteiger partial charge in [0.2, 0.25) is 23.3 Å². The largest absolute Gasteiger partial charge is 0.438 e. The van der Waals surface area contributed by atoms with E-state index in [2.05, 4.69) is 20.6 Å². The van der Waals surface area contributed by atoms with Gasteiger partial charge in [0, 0.05) is 37.6 Å². The summed E-state index contributed by atoms with van der Waals surface area (Å²) in [4.78, 5) is 61.2. The van der Waals surface area contributed by atoms with Crippen LogP contribution in [-0.2, 0) is 9.59 Å². The number of rotatable bonds is 7. The fraction of sp³-hybridized carbons (Fsp3) is 0.267. The molecule has 4 heterocycles. The number of nitrogens with zero attached hydrogens (tertiary/aromatic N) is 4. The molecule has 2 saturated heterocycles. The minimum atomic E-state index is -0.305. The van der Waals surface area contributed by atoms with Crippen molar-refractivity contribution in [1.82, 2.24) is 19.8 Å². The molecule has 6 rings (SSSR count). The summed E-state index contributed by atoms with van der Waals surface area (Å²) in [5.41, 5.74) is 3.24. The Kier molecular flexibility index (Phi) is 7.50. The molecular weight excluding hydrogens is 540 g/mol. The Hall–Kier alpha value is -5.26. The number of carbonyl (C=O) groups is 4. The van der Waals surface area contributed by atoms with Crippen LogP contribution in [-0.4, -0.2) is 69.6 Å². The highest BCUT2D eigenvalue weighted by Gasteiger charge is 2.33. The van der Waals surface area contributed by atoms with Gasteiger partial charge in [-0.3, -0.25) is 19.2 Å². The summed E-state index contributed by atoms with van der Waals surface area (Å²) in [6.07, 6.45) is 6.32. The van der Waals surface area contributed by atoms with E-state index < -0.39 is 0 Å². The van der Waals surface area contributed by atoms with Crippen molar-refractivity contribution in [1.29, 1.82) is 0 Å². The van der Waals surface area contributed by atoms with E-state index >= 15 is 0 Å². The second-order valence-corrected chi connectivity index (χ2v) is 10.3. The van der Waals surface area contributed by atoms with Crippen molar-refractivity contribution >= 4 is 35.0 Å². The number of aromatic nitrogens is 2. The van der Waals surface area contributed by atoms with Crippen molar-refractivity contribution in [3.05, 3.63) is 85.2 Å². The average molecular weight is 569 g/mol. The Morgan fingerprint density at radius 1 is 0.643 bits per heavy atom. The first-order valence-corrected chi connectivity index (χ1v) is 13.6. The van der Waals surface area contributed by atoms with Gasteiger partial charge in [-0.05, 0) is 48.2 Å². The molecule has 0 saturated carbocycles. The average Bonchev–Trinajstić information content (AvgIpc) is 3.84. The predicted octanol–water partition coefficient (Wildman–Crippen LogP) is 3.53. The third-order valence-corrected chi connectivity index (χ3v) is 7.62. The summed E-state index contributed by atoms with van der Waals surface area (Å²) < 4.78 is 10.1. The molecule has 2 aliphatic heterocycles. The molecule has 0 spiro atoms. The lowest BCUT2D eigenvalue weighted by Crippen LogP contribution is -2.31. The fourth-order valence-corrected chi connectivity index (χ4v) is 5.25. The number of hydrogen-bond donors (Lipinski definition) is 2. The quantitative estimate of drug-likeness (QED) is 0.344. The van der Waals surface area contributed by atoms with Gasteiger partial charge in [-0.1, -0.05) is 24.3 Å². The molecule has 0 bridgehead atoms. The molecule has 2 fully saturated rings. The van der Waals surface area contributed by atoms with Gasteiger partial charge in [0.15, 0.2) is 12.8 Å². The molecule has 12 heteroatoms. The van der Waals surface area contributed by atoms with E-state index in [9.17, 15) is 19.2 Å². The minimum absolute atomic E-state index is 0.136. The van der Waals surface area contributed by atoms with Gasteiger partial charge in [-0.2, -0.15) is 0 Å². The van der Waals surface area contributed by atoms with Crippen LogP contribution in [0, 0.1) is 11.8 Å². The number of amides is 4. The molecule has 42 heavy (non-hydrogen) atoms. The fourth-order valence-electron chi connectivity index (χ4n) is 5.25. The van der Waals surface area contributed by atoms with Gasteiger partial charge < -0.3 is 29.3 Å². The number of oxazole rings is 2. The SMILES string of the molecule is O=C(Nc1ccc(-c2ccc(NC(=O)[C@H]3CCN(C(=O)c4cnco4)C3)cc2)cc1)[C@@H]1CCN(C(=O)c2cnco2)C1. The number of likely N-dealkylation sites (tertiary alicyclic amines) is 2. The molecule has 2 aromatic heterocycles. The van der Waals surface area contributed by atoms with E-state index in [-0.39, 0.29) is 47.0 Å². The van der Waals surface area contributed by atoms with Crippen LogP contribution in [0.4, 0.5) is 11.4 Å². The van der Waals surface area contributed by atoms with Gasteiger partial charge in [-0.25, -0.2) is 9.97 Å². The van der Waals surface area contributed by atoms with Gasteiger partial charge in [-0.15, -0.1) is 0 Å². The second kappa shape index (κ2) is 11.7. The third kappa shape index (κ3) is 5.78. The van der Waals surface area contributed by atoms with Crippen molar-refractivity contribution in [3.8, 4) is 11.1 Å². The minimum Gasteiger partial charge on any atom is -0.438 e. The molecule has 2 aromatic carbocycles. The van der Waals surface area contributed by atoms with Crippen molar-refractivity contribution < 1.29 is 28.0 Å². The lowest BCUT2D eigenvalue weighted by atomic mass is 10.0. The number of carbonyl (C=O) groups excluding carboxylic acids is 4. The highest BCUT2D eigenvalue weighted by Crippen LogP contribution is 2.26. The van der Waals surface area contributed by atoms with E-state index in [0.29, 0.717) is 50.4 Å². The zero-order chi connectivity index (χ0) is 29.1. The topological polar surface area (TPSA) is 151 Å². The molecule has 214 valence electrons. The molecule has 12 nitrogen and oxygen atoms in total. The first-order chi connectivity index (χ1) is 20.4. The molecule has 2 atom stereocenters. The highest BCUT2D eigenvalue weighted by atomic mass is 16.4. The van der Waals surface area contributed by atoms with Crippen molar-refractivity contribution in [2.45, 2.75) is 12.8 Å². The van der Waals surface area contributed by atoms with Crippen molar-refractivity contribution in [2.24, 2.45) is 11.8 Å². The van der Waals surface area contributed by atoms with Crippen LogP contribution in [0.2, 0.25) is 0 Å². The monoisotopic (exact) mass is 568 g/mol. The van der Waals surface area contributed by atoms with Gasteiger partial charge in [0.05, 0.1) is 24.2 Å². The van der Waals surface area contributed by atoms with Crippen LogP contribution in [0.5, 0.6) is 0 Å². The second-order valence-electron chi connectivity index (χ2n) is 10.3. The smallest absolute Gasteiger partial charge is 0.291 e. The molecular formula is C30H28N6O6. The van der Waals surface area contributed by atoms with E-state index in [1.807, 2.05) is 48.5 Å². The first-order valence-electron chi connectivity index (χ1n) is 13.6. The molecule has 0 unspecified atom stereocenters. The van der Waals surface area contributed by atoms with Crippen LogP contribution in [0.3, 0.4) is 0 Å². The van der Waals surface area contributed by atoms with Crippen LogP contribution < -0.4 is 10.6 Å². The molecule has 0 radical (unpaired) electrons. The van der Waals surface area contributed by atoms with Crippen LogP contribution in [0.25, 0.3) is 11.1 Å². The predicted molar refractivity (Wildman–Crippen MR) is 150 cm³/mol. The van der Waals surface area contributed by atoms with Crippen LogP contribution in [0.1, 0.15) is 34.0 Å². The summed E-state index contributed by atoms with van der Waals surface area (Å²) in [7, 11) is 0. The molecule has 0 aliphatic carbocycles. The maximum Gasteiger partial charge on any atom is 0.291 e. The summed E-state index contributed by atoms with van der Waals surface area (Å²) in [6, 6.07) is 15.0. The van der Waals surface area contributed by atoms with Crippen molar-refractivity contribution in [3.63, 3.8) is 0 Å². The zero-order valence-corrected chi connectivity index (χ0v) is 22.6. The normalized spacial score (nSPS) is 18.2. The number of hydrogen-bond acceptors (Lipinski definition) is 8. The standard InChI is InChI=1S/C30H28N6O6/c37-27(21-9-11-35(15-21)29(39)25-13-31-17-41-25)33-23-5-1-19(2-6-23)20-3-7-24(8-4-20)34-28(38)22-10-12-36(16-22)30(40)26-14-32-18-42-26/h1-8,13-14,17-18,21-22H,9-12,15-16H2,(H,33,37)(H,34,38)/t21-,22+. The maximum absolute atomic E-state index is 12.8. The van der Waals surface area contributed by atoms with Gasteiger partial charge >= 0.3 is 0 Å². The molecule has 2 N–H and O–H groups in total. The first kappa shape index (κ1) is 26.9. The third-order valence-electron chi connectivity index (χ3n) is 7.62. The maximum atomic E-state index is 12.8. The molecule has 4 aromatic rings. The zero-order valence-electron chi connectivity index (χ0n) is 22.6. The Balaban J connectivity index is 0.991. The summed E-state index contributed by atoms with van der Waals surface area (Å²) in [5.74, 6) is -1.08. The van der Waals surface area contributed by atoms with E-state index in [4.69, 9.17) is 8.83 Å². The Morgan fingerprint density at radius 2 is 1.05 bits per heavy atom. The van der Waals surface area contributed by atoms with E-state index in [1.165, 1.54) is 25.2 Å². The Bertz CT molecular complexity index is 1450. The van der Waals surface area contributed by atoms with E-state index in [0.717, 1.165) is 11.1 Å². The number of benzene rings is 2. The van der Waals surface area contributed by atoms with Gasteiger partial charge in [0.25, 0.3) is 11.8 Å². The Labute approximate surface area is 240 Å². The lowest BCUT2D eigenvalue weighted by Gasteiger charge is -2.15. The highest BCUT2D eigenvalue weighted by molar-refractivity contribution is 5.96. The molecule has 4 amide bonds. The summed E-state index contributed by atoms with van der Waals surface area (Å²) in [6.45, 7) is 1.61. The van der Waals surface area contributed by atoms with Crippen LogP contribution >= 0.6 is 0 Å². The Morgan fingerprint density at radius 3 is 1.40 bits per heavy atom. The lowest BCUT2D eigenvalue weighted by molar-refractivity contribution is -0.120. The van der Waals surface area contributed by atoms with E-state index in [1.54, 1.807) is 9.80 Å². The molecule has 2 aliphatic rings. The van der Waals surface area contributed by atoms with Crippen LogP contribution in [0.15, 0.2) is 82.5 Å². The van der Waals surface area contributed by atoms with Crippen molar-refractivity contribution in [2.75, 3.05) is 36.8 Å². The summed E-state index contributed by atoms with van der Waals surface area (Å²) in [5, 5.41) is 5.88. The number of anilines is 2.